The van der Waals surface area contributed by atoms with Crippen molar-refractivity contribution < 1.29 is 17.9 Å². The Bertz CT molecular complexity index is 886. The van der Waals surface area contributed by atoms with E-state index in [9.17, 15) is 13.2 Å². The van der Waals surface area contributed by atoms with Crippen LogP contribution < -0.4 is 19.3 Å². The molecular formula is C21H29N3O4S. The number of anilines is 2. The minimum Gasteiger partial charge on any atom is -0.497 e. The lowest BCUT2D eigenvalue weighted by atomic mass is 10.2. The first kappa shape index (κ1) is 22.5. The Morgan fingerprint density at radius 1 is 1.07 bits per heavy atom. The van der Waals surface area contributed by atoms with Crippen molar-refractivity contribution in [2.75, 3.05) is 42.7 Å². The lowest BCUT2D eigenvalue weighted by Crippen LogP contribution is -2.50. The Morgan fingerprint density at radius 2 is 1.69 bits per heavy atom. The van der Waals surface area contributed by atoms with E-state index >= 15 is 0 Å². The first-order valence-electron chi connectivity index (χ1n) is 9.45. The quantitative estimate of drug-likeness (QED) is 0.640. The first-order valence-corrected chi connectivity index (χ1v) is 11.3. The van der Waals surface area contributed by atoms with Crippen molar-refractivity contribution >= 4 is 27.3 Å². The van der Waals surface area contributed by atoms with Crippen LogP contribution in [0.3, 0.4) is 0 Å². The largest absolute Gasteiger partial charge is 0.497 e. The Balaban J connectivity index is 2.09. The average molecular weight is 420 g/mol. The number of methoxy groups -OCH3 is 1. The predicted molar refractivity (Wildman–Crippen MR) is 117 cm³/mol. The van der Waals surface area contributed by atoms with Crippen molar-refractivity contribution in [2.24, 2.45) is 0 Å². The molecule has 158 valence electrons. The molecule has 1 unspecified atom stereocenters. The van der Waals surface area contributed by atoms with Gasteiger partial charge in [-0.1, -0.05) is 25.1 Å². The molecule has 0 spiro atoms. The zero-order valence-corrected chi connectivity index (χ0v) is 18.1. The van der Waals surface area contributed by atoms with Crippen LogP contribution in [0, 0.1) is 0 Å². The van der Waals surface area contributed by atoms with E-state index in [0.717, 1.165) is 11.9 Å². The van der Waals surface area contributed by atoms with Crippen LogP contribution in [0.4, 0.5) is 11.4 Å². The molecule has 0 saturated carbocycles. The highest BCUT2D eigenvalue weighted by atomic mass is 32.2. The number of likely N-dealkylation sites (N-methyl/N-ethyl adjacent to an activating group) is 1. The van der Waals surface area contributed by atoms with Crippen LogP contribution in [0.5, 0.6) is 5.75 Å². The average Bonchev–Trinajstić information content (AvgIpc) is 2.71. The third kappa shape index (κ3) is 6.12. The van der Waals surface area contributed by atoms with E-state index in [1.54, 1.807) is 31.2 Å². The topological polar surface area (TPSA) is 79.0 Å². The molecule has 2 rings (SSSR count). The molecule has 8 heteroatoms. The number of carbonyl (C=O) groups excluding carboxylic acids is 1. The third-order valence-electron chi connectivity index (χ3n) is 4.60. The molecule has 0 aliphatic rings. The summed E-state index contributed by atoms with van der Waals surface area (Å²) in [5.41, 5.74) is 1.47. The number of hydrogen-bond acceptors (Lipinski definition) is 5. The van der Waals surface area contributed by atoms with Crippen LogP contribution in [-0.4, -0.2) is 53.9 Å². The molecule has 0 fully saturated rings. The highest BCUT2D eigenvalue weighted by Crippen LogP contribution is 2.25. The molecule has 1 atom stereocenters. The number of nitrogens with one attached hydrogen (secondary N) is 1. The fourth-order valence-electron chi connectivity index (χ4n) is 3.07. The van der Waals surface area contributed by atoms with E-state index in [2.05, 4.69) is 5.32 Å². The molecule has 1 amide bonds. The van der Waals surface area contributed by atoms with Crippen LogP contribution in [0.15, 0.2) is 54.6 Å². The predicted octanol–water partition coefficient (Wildman–Crippen LogP) is 2.49. The molecule has 2 aromatic rings. The highest BCUT2D eigenvalue weighted by Gasteiger charge is 2.31. The summed E-state index contributed by atoms with van der Waals surface area (Å²) in [6.45, 7) is 2.80. The van der Waals surface area contributed by atoms with E-state index in [1.165, 1.54) is 11.4 Å². The van der Waals surface area contributed by atoms with E-state index < -0.39 is 16.1 Å². The van der Waals surface area contributed by atoms with Gasteiger partial charge in [0.1, 0.15) is 11.8 Å². The number of carbonyl (C=O) groups is 1. The highest BCUT2D eigenvalue weighted by molar-refractivity contribution is 7.92. The molecule has 0 saturated heterocycles. The Morgan fingerprint density at radius 3 is 2.21 bits per heavy atom. The molecule has 2 aromatic carbocycles. The molecule has 0 heterocycles. The van der Waals surface area contributed by atoms with Crippen LogP contribution >= 0.6 is 0 Å². The van der Waals surface area contributed by atoms with Gasteiger partial charge in [0.2, 0.25) is 15.9 Å². The van der Waals surface area contributed by atoms with Crippen molar-refractivity contribution in [1.82, 2.24) is 5.32 Å². The van der Waals surface area contributed by atoms with Crippen LogP contribution in [-0.2, 0) is 14.8 Å². The zero-order valence-electron chi connectivity index (χ0n) is 17.3. The maximum atomic E-state index is 12.8. The van der Waals surface area contributed by atoms with Crippen molar-refractivity contribution in [3.63, 3.8) is 0 Å². The van der Waals surface area contributed by atoms with Gasteiger partial charge in [0.15, 0.2) is 0 Å². The first-order chi connectivity index (χ1) is 13.8. The van der Waals surface area contributed by atoms with Crippen molar-refractivity contribution in [3.8, 4) is 5.75 Å². The summed E-state index contributed by atoms with van der Waals surface area (Å²) in [7, 11) is -0.174. The number of hydrogen-bond donors (Lipinski definition) is 1. The number of benzene rings is 2. The van der Waals surface area contributed by atoms with Crippen molar-refractivity contribution in [1.29, 1.82) is 0 Å². The van der Waals surface area contributed by atoms with Gasteiger partial charge in [-0.15, -0.1) is 0 Å². The second-order valence-electron chi connectivity index (χ2n) is 6.73. The second-order valence-corrected chi connectivity index (χ2v) is 8.59. The van der Waals surface area contributed by atoms with Gasteiger partial charge in [-0.25, -0.2) is 8.42 Å². The number of amides is 1. The summed E-state index contributed by atoms with van der Waals surface area (Å²) >= 11 is 0. The lowest BCUT2D eigenvalue weighted by Gasteiger charge is -2.30. The second kappa shape index (κ2) is 10.2. The van der Waals surface area contributed by atoms with E-state index in [-0.39, 0.29) is 5.91 Å². The molecule has 0 aromatic heterocycles. The lowest BCUT2D eigenvalue weighted by molar-refractivity contribution is -0.122. The van der Waals surface area contributed by atoms with Gasteiger partial charge < -0.3 is 15.0 Å². The van der Waals surface area contributed by atoms with Gasteiger partial charge in [0.25, 0.3) is 0 Å². The minimum atomic E-state index is -3.66. The number of rotatable bonds is 10. The molecule has 1 N–H and O–H groups in total. The number of sulfonamides is 1. The molecular weight excluding hydrogens is 390 g/mol. The monoisotopic (exact) mass is 419 g/mol. The van der Waals surface area contributed by atoms with E-state index in [4.69, 9.17) is 4.74 Å². The summed E-state index contributed by atoms with van der Waals surface area (Å²) < 4.78 is 31.2. The fourth-order valence-corrected chi connectivity index (χ4v) is 4.28. The van der Waals surface area contributed by atoms with E-state index in [0.29, 0.717) is 30.9 Å². The van der Waals surface area contributed by atoms with Gasteiger partial charge in [-0.2, -0.15) is 0 Å². The summed E-state index contributed by atoms with van der Waals surface area (Å²) in [4.78, 5) is 14.8. The third-order valence-corrected chi connectivity index (χ3v) is 5.78. The molecule has 0 radical (unpaired) electrons. The summed E-state index contributed by atoms with van der Waals surface area (Å²) in [6.07, 6.45) is 1.45. The maximum absolute atomic E-state index is 12.8. The van der Waals surface area contributed by atoms with Gasteiger partial charge in [-0.05, 0) is 42.8 Å². The Hall–Kier alpha value is -2.74. The van der Waals surface area contributed by atoms with Crippen LogP contribution in [0.25, 0.3) is 0 Å². The molecule has 0 aliphatic carbocycles. The summed E-state index contributed by atoms with van der Waals surface area (Å²) in [5, 5.41) is 2.87. The normalized spacial score (nSPS) is 12.1. The molecule has 0 aliphatic heterocycles. The van der Waals surface area contributed by atoms with Crippen LogP contribution in [0.1, 0.15) is 13.3 Å². The zero-order chi connectivity index (χ0) is 21.4. The maximum Gasteiger partial charge on any atom is 0.243 e. The number of ether oxygens (including phenoxy) is 1. The molecule has 0 bridgehead atoms. The van der Waals surface area contributed by atoms with Gasteiger partial charge in [-0.3, -0.25) is 9.10 Å². The number of para-hydroxylation sites is 1. The summed E-state index contributed by atoms with van der Waals surface area (Å²) in [5.74, 6) is 0.291. The van der Waals surface area contributed by atoms with E-state index in [1.807, 2.05) is 42.3 Å². The van der Waals surface area contributed by atoms with Gasteiger partial charge in [0, 0.05) is 25.8 Å². The molecule has 29 heavy (non-hydrogen) atoms. The number of nitrogens with zero attached hydrogens (tertiary/aromatic N) is 2. The van der Waals surface area contributed by atoms with Gasteiger partial charge in [0.05, 0.1) is 19.1 Å². The fraction of sp³-hybridized carbons (Fsp3) is 0.381. The van der Waals surface area contributed by atoms with Gasteiger partial charge >= 0.3 is 0 Å². The standard InChI is InChI=1S/C21H29N3O4S/c1-5-20(21(25)22-15-16-23(2)17-9-7-6-8-10-17)24(29(4,26)27)18-11-13-19(28-3)14-12-18/h6-14,20H,5,15-16H2,1-4H3,(H,22,25). The van der Waals surface area contributed by atoms with Crippen molar-refractivity contribution in [2.45, 2.75) is 19.4 Å². The smallest absolute Gasteiger partial charge is 0.243 e. The minimum absolute atomic E-state index is 0.324. The van der Waals surface area contributed by atoms with Crippen LogP contribution in [0.2, 0.25) is 0 Å². The summed E-state index contributed by atoms with van der Waals surface area (Å²) in [6, 6.07) is 15.6. The SMILES string of the molecule is CCC(C(=O)NCCN(C)c1ccccc1)N(c1ccc(OC)cc1)S(C)(=O)=O. The van der Waals surface area contributed by atoms with Crippen molar-refractivity contribution in [3.05, 3.63) is 54.6 Å². The Labute approximate surface area is 173 Å². The Kier molecular flexibility index (Phi) is 7.90. The molecule has 7 nitrogen and oxygen atoms in total.